The van der Waals surface area contributed by atoms with Crippen molar-refractivity contribution in [1.29, 1.82) is 0 Å². The van der Waals surface area contributed by atoms with E-state index < -0.39 is 6.10 Å². The van der Waals surface area contributed by atoms with Crippen LogP contribution in [0.25, 0.3) is 11.0 Å². The van der Waals surface area contributed by atoms with Crippen molar-refractivity contribution in [3.8, 4) is 0 Å². The summed E-state index contributed by atoms with van der Waals surface area (Å²) >= 11 is 0. The quantitative estimate of drug-likeness (QED) is 0.787. The first-order chi connectivity index (χ1) is 11.1. The van der Waals surface area contributed by atoms with Gasteiger partial charge in [-0.25, -0.2) is 4.79 Å². The maximum absolute atomic E-state index is 12.2. The summed E-state index contributed by atoms with van der Waals surface area (Å²) in [6.45, 7) is 2.11. The third-order valence-corrected chi connectivity index (χ3v) is 4.52. The highest BCUT2D eigenvalue weighted by atomic mass is 16.3. The van der Waals surface area contributed by atoms with Crippen LogP contribution in [0, 0.1) is 0 Å². The molecule has 6 heteroatoms. The van der Waals surface area contributed by atoms with Gasteiger partial charge in [-0.15, -0.1) is 0 Å². The van der Waals surface area contributed by atoms with Gasteiger partial charge in [0.15, 0.2) is 0 Å². The van der Waals surface area contributed by atoms with Crippen LogP contribution in [-0.2, 0) is 0 Å². The fourth-order valence-corrected chi connectivity index (χ4v) is 3.29. The number of aromatic nitrogens is 2. The van der Waals surface area contributed by atoms with E-state index in [-0.39, 0.29) is 17.6 Å². The summed E-state index contributed by atoms with van der Waals surface area (Å²) < 4.78 is 1.83. The van der Waals surface area contributed by atoms with E-state index in [2.05, 4.69) is 10.3 Å². The number of carbonyl (C=O) groups is 1. The van der Waals surface area contributed by atoms with Gasteiger partial charge in [0.05, 0.1) is 17.1 Å². The Morgan fingerprint density at radius 2 is 2.17 bits per heavy atom. The monoisotopic (exact) mass is 317 g/mol. The number of amides is 1. The molecule has 0 saturated heterocycles. The molecular formula is C17H23N3O3. The van der Waals surface area contributed by atoms with E-state index in [4.69, 9.17) is 0 Å². The molecule has 0 radical (unpaired) electrons. The first kappa shape index (κ1) is 15.8. The fourth-order valence-electron chi connectivity index (χ4n) is 3.29. The maximum atomic E-state index is 12.2. The smallest absolute Gasteiger partial charge is 0.326 e. The summed E-state index contributed by atoms with van der Waals surface area (Å²) in [5.41, 5.74) is 1.98. The highest BCUT2D eigenvalue weighted by Gasteiger charge is 2.21. The number of hydrogen-bond donors (Lipinski definition) is 3. The summed E-state index contributed by atoms with van der Waals surface area (Å²) in [7, 11) is 0. The largest absolute Gasteiger partial charge is 0.393 e. The van der Waals surface area contributed by atoms with Crippen LogP contribution in [0.5, 0.6) is 0 Å². The van der Waals surface area contributed by atoms with Crippen LogP contribution in [0.3, 0.4) is 0 Å². The molecular weight excluding hydrogens is 294 g/mol. The van der Waals surface area contributed by atoms with Gasteiger partial charge in [-0.05, 0) is 44.4 Å². The lowest BCUT2D eigenvalue weighted by molar-refractivity contribution is 0.0945. The summed E-state index contributed by atoms with van der Waals surface area (Å²) in [5, 5.41) is 12.0. The van der Waals surface area contributed by atoms with Gasteiger partial charge in [-0.3, -0.25) is 9.36 Å². The molecule has 124 valence electrons. The molecule has 1 aromatic heterocycles. The molecule has 0 bridgehead atoms. The zero-order valence-electron chi connectivity index (χ0n) is 13.3. The lowest BCUT2D eigenvalue weighted by atomic mass is 10.1. The molecule has 3 rings (SSSR count). The van der Waals surface area contributed by atoms with Crippen LogP contribution < -0.4 is 11.0 Å². The van der Waals surface area contributed by atoms with Gasteiger partial charge in [-0.2, -0.15) is 0 Å². The van der Waals surface area contributed by atoms with E-state index in [9.17, 15) is 14.7 Å². The number of aliphatic hydroxyl groups excluding tert-OH is 1. The third-order valence-electron chi connectivity index (χ3n) is 4.52. The first-order valence-electron chi connectivity index (χ1n) is 8.27. The lowest BCUT2D eigenvalue weighted by Gasteiger charge is -2.11. The van der Waals surface area contributed by atoms with Crippen LogP contribution >= 0.6 is 0 Å². The molecule has 1 aromatic carbocycles. The standard InChI is InChI=1S/C17H23N3O3/c1-11(21)8-9-18-16(22)12-6-7-15-14(10-12)19-17(23)20(15)13-4-2-3-5-13/h6-7,10-11,13,21H,2-5,8-9H2,1H3,(H,18,22)(H,19,23). The first-order valence-corrected chi connectivity index (χ1v) is 8.27. The molecule has 1 unspecified atom stereocenters. The number of nitrogens with zero attached hydrogens (tertiary/aromatic N) is 1. The van der Waals surface area contributed by atoms with E-state index >= 15 is 0 Å². The molecule has 1 aliphatic carbocycles. The molecule has 1 fully saturated rings. The number of carbonyl (C=O) groups excluding carboxylic acids is 1. The molecule has 0 aliphatic heterocycles. The number of H-pyrrole nitrogens is 1. The van der Waals surface area contributed by atoms with Gasteiger partial charge >= 0.3 is 5.69 Å². The highest BCUT2D eigenvalue weighted by Crippen LogP contribution is 2.30. The minimum atomic E-state index is -0.436. The number of aromatic amines is 1. The molecule has 1 heterocycles. The predicted molar refractivity (Wildman–Crippen MR) is 88.7 cm³/mol. The second kappa shape index (κ2) is 6.58. The maximum Gasteiger partial charge on any atom is 0.326 e. The normalized spacial score (nSPS) is 16.8. The summed E-state index contributed by atoms with van der Waals surface area (Å²) in [4.78, 5) is 27.2. The Morgan fingerprint density at radius 3 is 2.87 bits per heavy atom. The molecule has 2 aromatic rings. The molecule has 1 saturated carbocycles. The minimum Gasteiger partial charge on any atom is -0.393 e. The molecule has 23 heavy (non-hydrogen) atoms. The number of benzene rings is 1. The summed E-state index contributed by atoms with van der Waals surface area (Å²) in [6, 6.07) is 5.58. The second-order valence-electron chi connectivity index (χ2n) is 6.36. The average Bonchev–Trinajstić information content (AvgIpc) is 3.12. The number of hydrogen-bond acceptors (Lipinski definition) is 3. The Morgan fingerprint density at radius 1 is 1.43 bits per heavy atom. The van der Waals surface area contributed by atoms with Crippen molar-refractivity contribution in [3.63, 3.8) is 0 Å². The minimum absolute atomic E-state index is 0.0986. The number of rotatable bonds is 5. The van der Waals surface area contributed by atoms with Crippen LogP contribution in [0.4, 0.5) is 0 Å². The van der Waals surface area contributed by atoms with Gasteiger partial charge in [0, 0.05) is 18.2 Å². The molecule has 6 nitrogen and oxygen atoms in total. The van der Waals surface area contributed by atoms with Crippen molar-refractivity contribution in [2.45, 2.75) is 51.2 Å². The van der Waals surface area contributed by atoms with Gasteiger partial charge in [0.1, 0.15) is 0 Å². The van der Waals surface area contributed by atoms with Gasteiger partial charge in [0.2, 0.25) is 0 Å². The fraction of sp³-hybridized carbons (Fsp3) is 0.529. The zero-order chi connectivity index (χ0) is 16.4. The Balaban J connectivity index is 1.82. The Bertz CT molecular complexity index is 754. The molecule has 1 aliphatic rings. The lowest BCUT2D eigenvalue weighted by Crippen LogP contribution is -2.26. The SMILES string of the molecule is CC(O)CCNC(=O)c1ccc2c(c1)[nH]c(=O)n2C1CCCC1. The van der Waals surface area contributed by atoms with Gasteiger partial charge in [-0.1, -0.05) is 12.8 Å². The van der Waals surface area contributed by atoms with Crippen molar-refractivity contribution in [2.24, 2.45) is 0 Å². The van der Waals surface area contributed by atoms with Gasteiger partial charge < -0.3 is 15.4 Å². The topological polar surface area (TPSA) is 87.1 Å². The molecule has 1 amide bonds. The zero-order valence-corrected chi connectivity index (χ0v) is 13.3. The summed E-state index contributed by atoms with van der Waals surface area (Å²) in [6.07, 6.45) is 4.47. The van der Waals surface area contributed by atoms with E-state index in [0.29, 0.717) is 24.0 Å². The van der Waals surface area contributed by atoms with Crippen molar-refractivity contribution < 1.29 is 9.90 Å². The number of fused-ring (bicyclic) bond motifs is 1. The second-order valence-corrected chi connectivity index (χ2v) is 6.36. The van der Waals surface area contributed by atoms with Crippen molar-refractivity contribution in [2.75, 3.05) is 6.54 Å². The van der Waals surface area contributed by atoms with Crippen LogP contribution in [-0.4, -0.2) is 33.2 Å². The van der Waals surface area contributed by atoms with E-state index in [1.807, 2.05) is 10.6 Å². The number of aliphatic hydroxyl groups is 1. The van der Waals surface area contributed by atoms with E-state index in [1.165, 1.54) is 0 Å². The Kier molecular flexibility index (Phi) is 4.52. The Labute approximate surface area is 134 Å². The number of nitrogens with one attached hydrogen (secondary N) is 2. The van der Waals surface area contributed by atoms with Crippen LogP contribution in [0.1, 0.15) is 55.4 Å². The highest BCUT2D eigenvalue weighted by molar-refractivity contribution is 5.97. The molecule has 1 atom stereocenters. The van der Waals surface area contributed by atoms with Gasteiger partial charge in [0.25, 0.3) is 5.91 Å². The molecule has 0 spiro atoms. The Hall–Kier alpha value is -2.08. The van der Waals surface area contributed by atoms with Crippen molar-refractivity contribution >= 4 is 16.9 Å². The number of imidazole rings is 1. The van der Waals surface area contributed by atoms with Crippen LogP contribution in [0.2, 0.25) is 0 Å². The van der Waals surface area contributed by atoms with E-state index in [1.54, 1.807) is 19.1 Å². The summed E-state index contributed by atoms with van der Waals surface area (Å²) in [5.74, 6) is -0.193. The van der Waals surface area contributed by atoms with Crippen LogP contribution in [0.15, 0.2) is 23.0 Å². The van der Waals surface area contributed by atoms with Crippen molar-refractivity contribution in [1.82, 2.24) is 14.9 Å². The molecule has 3 N–H and O–H groups in total. The average molecular weight is 317 g/mol. The third kappa shape index (κ3) is 3.32. The van der Waals surface area contributed by atoms with E-state index in [0.717, 1.165) is 31.2 Å². The predicted octanol–water partition coefficient (Wildman–Crippen LogP) is 1.95. The van der Waals surface area contributed by atoms with Crippen molar-refractivity contribution in [3.05, 3.63) is 34.2 Å².